The summed E-state index contributed by atoms with van der Waals surface area (Å²) in [6.07, 6.45) is 1.87. The average molecular weight is 404 g/mol. The Kier molecular flexibility index (Phi) is 5.79. The van der Waals surface area contributed by atoms with Gasteiger partial charge in [0.15, 0.2) is 0 Å². The fraction of sp³-hybridized carbons (Fsp3) is 0.350. The summed E-state index contributed by atoms with van der Waals surface area (Å²) in [5.74, 6) is 0.745. The zero-order valence-electron chi connectivity index (χ0n) is 16.2. The minimum atomic E-state index is -3.89. The topological polar surface area (TPSA) is 84.9 Å². The van der Waals surface area contributed by atoms with Crippen molar-refractivity contribution in [2.75, 3.05) is 30.4 Å². The molecule has 2 aromatic carbocycles. The molecule has 0 aliphatic carbocycles. The predicted molar refractivity (Wildman–Crippen MR) is 108 cm³/mol. The van der Waals surface area contributed by atoms with Crippen LogP contribution < -0.4 is 19.1 Å². The van der Waals surface area contributed by atoms with Crippen LogP contribution >= 0.6 is 0 Å². The number of carbonyl (C=O) groups excluding carboxylic acids is 1. The Morgan fingerprint density at radius 3 is 2.54 bits per heavy atom. The van der Waals surface area contributed by atoms with Crippen LogP contribution in [0.2, 0.25) is 0 Å². The van der Waals surface area contributed by atoms with E-state index in [4.69, 9.17) is 9.47 Å². The molecule has 1 N–H and O–H groups in total. The molecule has 0 unspecified atom stereocenters. The van der Waals surface area contributed by atoms with Crippen LogP contribution in [0.4, 0.5) is 11.4 Å². The van der Waals surface area contributed by atoms with Crippen LogP contribution in [-0.4, -0.2) is 35.1 Å². The first-order valence-electron chi connectivity index (χ1n) is 9.07. The van der Waals surface area contributed by atoms with Gasteiger partial charge in [0.25, 0.3) is 10.0 Å². The molecule has 0 saturated heterocycles. The van der Waals surface area contributed by atoms with Crippen molar-refractivity contribution in [3.63, 3.8) is 0 Å². The molecule has 150 valence electrons. The summed E-state index contributed by atoms with van der Waals surface area (Å²) in [7, 11) is -0.999. The molecule has 0 aromatic heterocycles. The Morgan fingerprint density at radius 2 is 1.86 bits per heavy atom. The molecular formula is C20H24N2O5S. The van der Waals surface area contributed by atoms with Crippen LogP contribution in [-0.2, 0) is 21.2 Å². The number of nitrogens with zero attached hydrogens (tertiary/aromatic N) is 1. The number of ether oxygens (including phenoxy) is 2. The molecule has 1 aliphatic heterocycles. The zero-order valence-corrected chi connectivity index (χ0v) is 17.0. The second-order valence-electron chi connectivity index (χ2n) is 6.51. The Hall–Kier alpha value is -2.74. The summed E-state index contributed by atoms with van der Waals surface area (Å²) in [6, 6.07) is 9.85. The van der Waals surface area contributed by atoms with Crippen molar-refractivity contribution in [2.45, 2.75) is 31.1 Å². The number of benzene rings is 2. The fourth-order valence-electron chi connectivity index (χ4n) is 3.30. The van der Waals surface area contributed by atoms with E-state index in [1.165, 1.54) is 20.3 Å². The van der Waals surface area contributed by atoms with E-state index in [0.29, 0.717) is 30.8 Å². The minimum absolute atomic E-state index is 0.00476. The van der Waals surface area contributed by atoms with Crippen LogP contribution in [0.15, 0.2) is 41.3 Å². The number of amides is 1. The number of rotatable bonds is 7. The Labute approximate surface area is 165 Å². The fourth-order valence-corrected chi connectivity index (χ4v) is 4.53. The first-order valence-corrected chi connectivity index (χ1v) is 10.6. The van der Waals surface area contributed by atoms with Gasteiger partial charge in [0, 0.05) is 30.4 Å². The van der Waals surface area contributed by atoms with Gasteiger partial charge in [0.05, 0.1) is 14.2 Å². The van der Waals surface area contributed by atoms with Crippen molar-refractivity contribution in [3.05, 3.63) is 42.0 Å². The molecule has 7 nitrogen and oxygen atoms in total. The van der Waals surface area contributed by atoms with E-state index in [2.05, 4.69) is 4.72 Å². The number of methoxy groups -OCH3 is 2. The van der Waals surface area contributed by atoms with Crippen molar-refractivity contribution >= 4 is 27.3 Å². The van der Waals surface area contributed by atoms with Gasteiger partial charge < -0.3 is 14.4 Å². The Bertz CT molecular complexity index is 988. The first kappa shape index (κ1) is 20.0. The van der Waals surface area contributed by atoms with Crippen LogP contribution in [0.25, 0.3) is 0 Å². The molecule has 0 radical (unpaired) electrons. The smallest absolute Gasteiger partial charge is 0.265 e. The van der Waals surface area contributed by atoms with E-state index in [9.17, 15) is 13.2 Å². The number of hydrogen-bond acceptors (Lipinski definition) is 5. The summed E-state index contributed by atoms with van der Waals surface area (Å²) in [4.78, 5) is 13.9. The van der Waals surface area contributed by atoms with Crippen LogP contribution in [0.5, 0.6) is 11.5 Å². The lowest BCUT2D eigenvalue weighted by atomic mass is 10.0. The van der Waals surface area contributed by atoms with Crippen LogP contribution in [0, 0.1) is 0 Å². The predicted octanol–water partition coefficient (Wildman–Crippen LogP) is 3.19. The molecule has 0 atom stereocenters. The highest BCUT2D eigenvalue weighted by atomic mass is 32.2. The highest BCUT2D eigenvalue weighted by molar-refractivity contribution is 7.92. The lowest BCUT2D eigenvalue weighted by Gasteiger charge is -2.29. The van der Waals surface area contributed by atoms with Gasteiger partial charge >= 0.3 is 0 Å². The maximum Gasteiger partial charge on any atom is 0.265 e. The molecule has 0 bridgehead atoms. The number of sulfonamides is 1. The monoisotopic (exact) mass is 404 g/mol. The third-order valence-electron chi connectivity index (χ3n) is 4.64. The molecule has 1 aliphatic rings. The van der Waals surface area contributed by atoms with E-state index in [-0.39, 0.29) is 16.6 Å². The number of aryl methyl sites for hydroxylation is 1. The van der Waals surface area contributed by atoms with Gasteiger partial charge in [0.1, 0.15) is 16.4 Å². The molecule has 0 fully saturated rings. The van der Waals surface area contributed by atoms with E-state index >= 15 is 0 Å². The second-order valence-corrected chi connectivity index (χ2v) is 8.16. The summed E-state index contributed by atoms with van der Waals surface area (Å²) >= 11 is 0. The van der Waals surface area contributed by atoms with E-state index < -0.39 is 10.0 Å². The van der Waals surface area contributed by atoms with Crippen LogP contribution in [0.3, 0.4) is 0 Å². The van der Waals surface area contributed by atoms with E-state index in [0.717, 1.165) is 17.7 Å². The zero-order chi connectivity index (χ0) is 20.3. The Morgan fingerprint density at radius 1 is 1.07 bits per heavy atom. The quantitative estimate of drug-likeness (QED) is 0.766. The standard InChI is InChI=1S/C20H24N2O5S/c1-4-11-22-17-8-6-15(12-14(17)5-10-20(22)23)21-28(24,25)19-13-16(26-2)7-9-18(19)27-3/h6-9,12-13,21H,4-5,10-11H2,1-3H3. The van der Waals surface area contributed by atoms with Gasteiger partial charge in [0.2, 0.25) is 5.91 Å². The van der Waals surface area contributed by atoms with E-state index in [1.54, 1.807) is 35.2 Å². The summed E-state index contributed by atoms with van der Waals surface area (Å²) in [5.41, 5.74) is 2.24. The molecule has 0 saturated carbocycles. The van der Waals surface area contributed by atoms with Crippen molar-refractivity contribution in [1.29, 1.82) is 0 Å². The summed E-state index contributed by atoms with van der Waals surface area (Å²) in [6.45, 7) is 2.67. The molecule has 3 rings (SSSR count). The maximum atomic E-state index is 12.9. The number of anilines is 2. The van der Waals surface area contributed by atoms with Gasteiger partial charge in [-0.15, -0.1) is 0 Å². The lowest BCUT2D eigenvalue weighted by Crippen LogP contribution is -2.35. The SMILES string of the molecule is CCCN1C(=O)CCc2cc(NS(=O)(=O)c3cc(OC)ccc3OC)ccc21. The molecule has 28 heavy (non-hydrogen) atoms. The van der Waals surface area contributed by atoms with E-state index in [1.807, 2.05) is 6.92 Å². The van der Waals surface area contributed by atoms with Crippen molar-refractivity contribution in [3.8, 4) is 11.5 Å². The largest absolute Gasteiger partial charge is 0.497 e. The maximum absolute atomic E-state index is 12.9. The highest BCUT2D eigenvalue weighted by Crippen LogP contribution is 2.33. The third-order valence-corrected chi connectivity index (χ3v) is 6.04. The molecule has 1 amide bonds. The second kappa shape index (κ2) is 8.10. The molecular weight excluding hydrogens is 380 g/mol. The lowest BCUT2D eigenvalue weighted by molar-refractivity contribution is -0.118. The molecule has 8 heteroatoms. The highest BCUT2D eigenvalue weighted by Gasteiger charge is 2.25. The third kappa shape index (κ3) is 3.91. The number of hydrogen-bond donors (Lipinski definition) is 1. The average Bonchev–Trinajstić information content (AvgIpc) is 2.69. The Balaban J connectivity index is 1.93. The molecule has 1 heterocycles. The van der Waals surface area contributed by atoms with Gasteiger partial charge in [-0.2, -0.15) is 0 Å². The number of nitrogens with one attached hydrogen (secondary N) is 1. The van der Waals surface area contributed by atoms with Crippen molar-refractivity contribution < 1.29 is 22.7 Å². The minimum Gasteiger partial charge on any atom is -0.497 e. The van der Waals surface area contributed by atoms with Gasteiger partial charge in [-0.3, -0.25) is 9.52 Å². The van der Waals surface area contributed by atoms with Gasteiger partial charge in [-0.1, -0.05) is 6.92 Å². The summed E-state index contributed by atoms with van der Waals surface area (Å²) in [5, 5.41) is 0. The van der Waals surface area contributed by atoms with Crippen LogP contribution in [0.1, 0.15) is 25.3 Å². The summed E-state index contributed by atoms with van der Waals surface area (Å²) < 4.78 is 38.8. The molecule has 2 aromatic rings. The molecule has 0 spiro atoms. The number of fused-ring (bicyclic) bond motifs is 1. The first-order chi connectivity index (χ1) is 13.4. The van der Waals surface area contributed by atoms with Crippen molar-refractivity contribution in [2.24, 2.45) is 0 Å². The van der Waals surface area contributed by atoms with Gasteiger partial charge in [-0.25, -0.2) is 8.42 Å². The number of carbonyl (C=O) groups is 1. The van der Waals surface area contributed by atoms with Crippen molar-refractivity contribution in [1.82, 2.24) is 0 Å². The normalized spacial score (nSPS) is 13.8. The van der Waals surface area contributed by atoms with Gasteiger partial charge in [-0.05, 0) is 48.7 Å².